The zero-order valence-electron chi connectivity index (χ0n) is 22.6. The molecule has 1 aliphatic heterocycles. The van der Waals surface area contributed by atoms with Crippen LogP contribution in [-0.2, 0) is 29.0 Å². The fraction of sp³-hybridized carbons (Fsp3) is 0.630. The van der Waals surface area contributed by atoms with Crippen LogP contribution in [0.3, 0.4) is 0 Å². The van der Waals surface area contributed by atoms with Gasteiger partial charge in [0.15, 0.2) is 9.84 Å². The highest BCUT2D eigenvalue weighted by Crippen LogP contribution is 2.29. The van der Waals surface area contributed by atoms with Gasteiger partial charge in [-0.05, 0) is 31.4 Å². The Morgan fingerprint density at radius 3 is 2.33 bits per heavy atom. The minimum absolute atomic E-state index is 0.135. The molecule has 0 unspecified atom stereocenters. The number of carbonyl (C=O) groups is 4. The van der Waals surface area contributed by atoms with E-state index in [1.54, 1.807) is 23.1 Å². The van der Waals surface area contributed by atoms with Gasteiger partial charge in [0.05, 0.1) is 29.9 Å². The van der Waals surface area contributed by atoms with Crippen molar-refractivity contribution in [2.45, 2.75) is 74.8 Å². The first-order valence-corrected chi connectivity index (χ1v) is 15.4. The number of benzene rings is 1. The minimum atomic E-state index is -3.63. The number of hydrogen-bond acceptors (Lipinski definition) is 7. The Kier molecular flexibility index (Phi) is 11.3. The topological polar surface area (TPSA) is 151 Å². The number of morpholine rings is 1. The number of hydrogen-bond donors (Lipinski definition) is 3. The normalized spacial score (nSPS) is 18.0. The Morgan fingerprint density at radius 1 is 1.03 bits per heavy atom. The Hall–Kier alpha value is -2.99. The molecule has 0 aromatic heterocycles. The van der Waals surface area contributed by atoms with E-state index in [4.69, 9.17) is 4.74 Å². The van der Waals surface area contributed by atoms with Crippen LogP contribution in [0.25, 0.3) is 0 Å². The summed E-state index contributed by atoms with van der Waals surface area (Å²) in [6.07, 6.45) is 4.91. The molecule has 3 N–H and O–H groups in total. The Bertz CT molecular complexity index is 1100. The van der Waals surface area contributed by atoms with E-state index in [1.165, 1.54) is 12.1 Å². The summed E-state index contributed by atoms with van der Waals surface area (Å²) in [5.41, 5.74) is -1.17. The molecule has 3 rings (SSSR count). The number of amides is 4. The van der Waals surface area contributed by atoms with Crippen LogP contribution in [0.1, 0.15) is 58.3 Å². The van der Waals surface area contributed by atoms with Crippen LogP contribution in [0.4, 0.5) is 4.79 Å². The van der Waals surface area contributed by atoms with E-state index in [0.29, 0.717) is 45.6 Å². The summed E-state index contributed by atoms with van der Waals surface area (Å²) in [7, 11) is -3.63. The molecule has 1 heterocycles. The van der Waals surface area contributed by atoms with Gasteiger partial charge in [-0.15, -0.1) is 0 Å². The molecule has 216 valence electrons. The number of sulfone groups is 1. The lowest BCUT2D eigenvalue weighted by atomic mass is 9.80. The maximum absolute atomic E-state index is 13.6. The minimum Gasteiger partial charge on any atom is -0.378 e. The maximum Gasteiger partial charge on any atom is 0.318 e. The molecule has 4 amide bonds. The molecule has 0 radical (unpaired) electrons. The average Bonchev–Trinajstić information content (AvgIpc) is 2.96. The molecule has 1 saturated carbocycles. The quantitative estimate of drug-likeness (QED) is 0.326. The molecule has 1 aliphatic carbocycles. The lowest BCUT2D eigenvalue weighted by Crippen LogP contribution is -2.64. The molecule has 1 aromatic carbocycles. The smallest absolute Gasteiger partial charge is 0.318 e. The van der Waals surface area contributed by atoms with Crippen LogP contribution >= 0.6 is 0 Å². The molecule has 1 aromatic rings. The van der Waals surface area contributed by atoms with E-state index in [2.05, 4.69) is 16.0 Å². The van der Waals surface area contributed by atoms with Gasteiger partial charge >= 0.3 is 6.03 Å². The third-order valence-electron chi connectivity index (χ3n) is 7.24. The van der Waals surface area contributed by atoms with Crippen LogP contribution in [0.5, 0.6) is 0 Å². The van der Waals surface area contributed by atoms with Crippen molar-refractivity contribution in [1.82, 2.24) is 20.9 Å². The van der Waals surface area contributed by atoms with E-state index >= 15 is 0 Å². The van der Waals surface area contributed by atoms with Gasteiger partial charge in [0.2, 0.25) is 11.7 Å². The summed E-state index contributed by atoms with van der Waals surface area (Å²) in [5, 5.41) is 8.09. The van der Waals surface area contributed by atoms with E-state index in [0.717, 1.165) is 25.7 Å². The second kappa shape index (κ2) is 14.4. The number of ether oxygens (including phenoxy) is 1. The van der Waals surface area contributed by atoms with E-state index in [9.17, 15) is 27.6 Å². The lowest BCUT2D eigenvalue weighted by Gasteiger charge is -2.39. The Labute approximate surface area is 230 Å². The fourth-order valence-electron chi connectivity index (χ4n) is 4.88. The van der Waals surface area contributed by atoms with Gasteiger partial charge in [0.1, 0.15) is 5.54 Å². The molecule has 12 heteroatoms. The monoisotopic (exact) mass is 564 g/mol. The number of urea groups is 1. The van der Waals surface area contributed by atoms with Crippen molar-refractivity contribution in [1.29, 1.82) is 0 Å². The summed E-state index contributed by atoms with van der Waals surface area (Å²) in [5.74, 6) is -2.62. The zero-order chi connectivity index (χ0) is 28.3. The lowest BCUT2D eigenvalue weighted by molar-refractivity contribution is -0.141. The van der Waals surface area contributed by atoms with Crippen molar-refractivity contribution >= 4 is 33.5 Å². The van der Waals surface area contributed by atoms with Gasteiger partial charge < -0.3 is 25.6 Å². The number of nitrogens with zero attached hydrogens (tertiary/aromatic N) is 1. The molecule has 0 spiro atoms. The van der Waals surface area contributed by atoms with Crippen LogP contribution < -0.4 is 16.0 Å². The predicted octanol–water partition coefficient (Wildman–Crippen LogP) is 1.57. The predicted molar refractivity (Wildman–Crippen MR) is 145 cm³/mol. The second-order valence-corrected chi connectivity index (χ2v) is 12.2. The largest absolute Gasteiger partial charge is 0.378 e. The van der Waals surface area contributed by atoms with Crippen molar-refractivity contribution in [2.75, 3.05) is 38.6 Å². The Morgan fingerprint density at radius 2 is 1.69 bits per heavy atom. The van der Waals surface area contributed by atoms with Crippen molar-refractivity contribution in [3.8, 4) is 0 Å². The van der Waals surface area contributed by atoms with Crippen LogP contribution in [0.15, 0.2) is 35.2 Å². The summed E-state index contributed by atoms with van der Waals surface area (Å²) in [4.78, 5) is 54.1. The Balaban J connectivity index is 1.64. The summed E-state index contributed by atoms with van der Waals surface area (Å²) in [6.45, 7) is 3.42. The van der Waals surface area contributed by atoms with E-state index in [-0.39, 0.29) is 29.6 Å². The van der Waals surface area contributed by atoms with Crippen molar-refractivity contribution in [3.63, 3.8) is 0 Å². The summed E-state index contributed by atoms with van der Waals surface area (Å²) in [6, 6.07) is 6.44. The van der Waals surface area contributed by atoms with Gasteiger partial charge in [-0.1, -0.05) is 57.2 Å². The number of Topliss-reactive ketones (excluding diaryl/α,β-unsaturated/α-hetero) is 1. The highest BCUT2D eigenvalue weighted by Gasteiger charge is 2.43. The van der Waals surface area contributed by atoms with Gasteiger partial charge in [0, 0.05) is 19.6 Å². The standard InChI is InChI=1S/C27H40N4O7S/c1-2-3-12-22(23(32)24(33)28-15-20-39(36,37)21-10-6-4-7-11-21)29-25(34)27(13-8-5-9-14-27)30-26(35)31-16-18-38-19-17-31/h4,6-7,10-11,22H,2-3,5,8-9,12-20H2,1H3,(H,28,33)(H,29,34)(H,30,35)/t22-/m0/s1. The molecular formula is C27H40N4O7S. The van der Waals surface area contributed by atoms with Crippen LogP contribution in [-0.4, -0.2) is 87.1 Å². The zero-order valence-corrected chi connectivity index (χ0v) is 23.4. The van der Waals surface area contributed by atoms with E-state index in [1.807, 2.05) is 6.92 Å². The molecule has 1 saturated heterocycles. The first kappa shape index (κ1) is 30.6. The number of rotatable bonds is 12. The molecule has 11 nitrogen and oxygen atoms in total. The first-order chi connectivity index (χ1) is 18.7. The second-order valence-electron chi connectivity index (χ2n) is 10.1. The molecule has 1 atom stereocenters. The first-order valence-electron chi connectivity index (χ1n) is 13.7. The molecule has 2 fully saturated rings. The molecule has 0 bridgehead atoms. The van der Waals surface area contributed by atoms with Crippen LogP contribution in [0, 0.1) is 0 Å². The number of nitrogens with one attached hydrogen (secondary N) is 3. The SMILES string of the molecule is CCCC[C@H](NC(=O)C1(NC(=O)N2CCOCC2)CCCCC1)C(=O)C(=O)NCCS(=O)(=O)c1ccccc1. The average molecular weight is 565 g/mol. The summed E-state index contributed by atoms with van der Waals surface area (Å²) < 4.78 is 30.3. The highest BCUT2D eigenvalue weighted by atomic mass is 32.2. The third kappa shape index (κ3) is 8.50. The van der Waals surface area contributed by atoms with Crippen LogP contribution in [0.2, 0.25) is 0 Å². The maximum atomic E-state index is 13.6. The van der Waals surface area contributed by atoms with Gasteiger partial charge in [-0.2, -0.15) is 0 Å². The van der Waals surface area contributed by atoms with Gasteiger partial charge in [0.25, 0.3) is 5.91 Å². The molecule has 2 aliphatic rings. The van der Waals surface area contributed by atoms with Gasteiger partial charge in [-0.25, -0.2) is 13.2 Å². The van der Waals surface area contributed by atoms with Crippen molar-refractivity contribution in [3.05, 3.63) is 30.3 Å². The fourth-order valence-corrected chi connectivity index (χ4v) is 6.06. The number of carbonyl (C=O) groups excluding carboxylic acids is 4. The number of ketones is 1. The van der Waals surface area contributed by atoms with Crippen molar-refractivity contribution < 1.29 is 32.3 Å². The van der Waals surface area contributed by atoms with Gasteiger partial charge in [-0.3, -0.25) is 14.4 Å². The molecule has 39 heavy (non-hydrogen) atoms. The summed E-state index contributed by atoms with van der Waals surface area (Å²) >= 11 is 0. The van der Waals surface area contributed by atoms with E-state index < -0.39 is 39.0 Å². The highest BCUT2D eigenvalue weighted by molar-refractivity contribution is 7.91. The number of unbranched alkanes of at least 4 members (excludes halogenated alkanes) is 1. The van der Waals surface area contributed by atoms with Crippen molar-refractivity contribution in [2.24, 2.45) is 0 Å². The third-order valence-corrected chi connectivity index (χ3v) is 8.97. The molecular weight excluding hydrogens is 524 g/mol.